The third-order valence-electron chi connectivity index (χ3n) is 5.06. The number of carbonyl (C=O) groups excluding carboxylic acids is 3. The maximum absolute atomic E-state index is 12.8. The van der Waals surface area contributed by atoms with Gasteiger partial charge in [0, 0.05) is 30.8 Å². The summed E-state index contributed by atoms with van der Waals surface area (Å²) in [5, 5.41) is 20.9. The van der Waals surface area contributed by atoms with E-state index in [0.29, 0.717) is 5.56 Å². The van der Waals surface area contributed by atoms with Crippen LogP contribution in [-0.2, 0) is 9.59 Å². The average molecular weight is 423 g/mol. The minimum absolute atomic E-state index is 0.246. The van der Waals surface area contributed by atoms with Crippen LogP contribution in [0, 0.1) is 11.8 Å². The van der Waals surface area contributed by atoms with Crippen LogP contribution in [0.3, 0.4) is 0 Å². The van der Waals surface area contributed by atoms with Crippen molar-refractivity contribution in [2.75, 3.05) is 14.1 Å². The van der Waals surface area contributed by atoms with Crippen molar-refractivity contribution in [2.45, 2.75) is 25.5 Å². The minimum Gasteiger partial charge on any atom is -0.389 e. The van der Waals surface area contributed by atoms with Gasteiger partial charge in [-0.1, -0.05) is 24.0 Å². The molecule has 0 radical (unpaired) electrons. The summed E-state index contributed by atoms with van der Waals surface area (Å²) in [7, 11) is 2.63. The molecular weight excluding hydrogens is 398 g/mol. The lowest BCUT2D eigenvalue weighted by atomic mass is 9.96. The Kier molecular flexibility index (Phi) is 7.53. The highest BCUT2D eigenvalue weighted by atomic mass is 16.5. The van der Waals surface area contributed by atoms with Crippen LogP contribution in [0.2, 0.25) is 0 Å². The van der Waals surface area contributed by atoms with Crippen LogP contribution in [0.5, 0.6) is 0 Å². The van der Waals surface area contributed by atoms with E-state index in [1.165, 1.54) is 26.5 Å². The summed E-state index contributed by atoms with van der Waals surface area (Å²) in [5.74, 6) is 3.63. The molecule has 0 aliphatic carbocycles. The monoisotopic (exact) mass is 423 g/mol. The average Bonchev–Trinajstić information content (AvgIpc) is 2.80. The predicted molar refractivity (Wildman–Crippen MR) is 114 cm³/mol. The molecule has 8 nitrogen and oxygen atoms in total. The number of amides is 3. The zero-order chi connectivity index (χ0) is 23.2. The van der Waals surface area contributed by atoms with Gasteiger partial charge in [-0.3, -0.25) is 19.6 Å². The van der Waals surface area contributed by atoms with Crippen molar-refractivity contribution in [3.8, 4) is 11.8 Å². The maximum Gasteiger partial charge on any atom is 0.278 e. The molecule has 2 rings (SSSR count). The number of likely N-dealkylation sites (N-methyl/N-ethyl adjacent to an activating group) is 2. The van der Waals surface area contributed by atoms with Gasteiger partial charge in [-0.2, -0.15) is 0 Å². The Labute approximate surface area is 180 Å². The van der Waals surface area contributed by atoms with Gasteiger partial charge in [0.15, 0.2) is 5.54 Å². The Morgan fingerprint density at radius 2 is 1.45 bits per heavy atom. The second kappa shape index (κ2) is 9.89. The number of rotatable bonds is 5. The van der Waals surface area contributed by atoms with Gasteiger partial charge in [0.2, 0.25) is 0 Å². The second-order valence-corrected chi connectivity index (χ2v) is 7.08. The molecule has 0 aliphatic rings. The van der Waals surface area contributed by atoms with E-state index in [4.69, 9.17) is 5.21 Å². The van der Waals surface area contributed by atoms with Crippen molar-refractivity contribution in [1.29, 1.82) is 0 Å². The Balaban J connectivity index is 2.21. The standard InChI is InChI=1S/C23H25N3O5/c1-15(27)18-11-7-16(8-12-18)5-6-17-9-13-19(14-10-17)20(28)26(4)23(2,21(29)24-3)22(30)25-31/h7-15,27,31H,1-4H3,(H,24,29)(H,25,30)/t15-,23-/m0/s1. The molecule has 0 unspecified atom stereocenters. The normalized spacial score (nSPS) is 13.1. The van der Waals surface area contributed by atoms with Crippen LogP contribution in [0.15, 0.2) is 48.5 Å². The van der Waals surface area contributed by atoms with Gasteiger partial charge in [-0.15, -0.1) is 0 Å². The van der Waals surface area contributed by atoms with Crippen molar-refractivity contribution in [2.24, 2.45) is 0 Å². The summed E-state index contributed by atoms with van der Waals surface area (Å²) in [6.07, 6.45) is -0.543. The second-order valence-electron chi connectivity index (χ2n) is 7.08. The van der Waals surface area contributed by atoms with Crippen LogP contribution in [-0.4, -0.2) is 52.6 Å². The molecule has 0 saturated carbocycles. The lowest BCUT2D eigenvalue weighted by Crippen LogP contribution is -2.64. The molecule has 3 amide bonds. The Morgan fingerprint density at radius 3 is 1.87 bits per heavy atom. The van der Waals surface area contributed by atoms with Gasteiger partial charge in [0.05, 0.1) is 6.10 Å². The van der Waals surface area contributed by atoms with E-state index < -0.39 is 29.4 Å². The number of benzene rings is 2. The van der Waals surface area contributed by atoms with Gasteiger partial charge in [-0.25, -0.2) is 5.48 Å². The van der Waals surface area contributed by atoms with Crippen LogP contribution in [0.4, 0.5) is 0 Å². The number of hydrogen-bond donors (Lipinski definition) is 4. The number of aliphatic hydroxyl groups excluding tert-OH is 1. The molecule has 0 bridgehead atoms. The SMILES string of the molecule is CNC(=O)[C@@](C)(C(=O)NO)N(C)C(=O)c1ccc(C#Cc2ccc([C@H](C)O)cc2)cc1. The van der Waals surface area contributed by atoms with Crippen molar-refractivity contribution in [3.05, 3.63) is 70.8 Å². The maximum atomic E-state index is 12.8. The first-order valence-electron chi connectivity index (χ1n) is 9.50. The van der Waals surface area contributed by atoms with E-state index in [1.54, 1.807) is 43.3 Å². The van der Waals surface area contributed by atoms with E-state index in [2.05, 4.69) is 17.2 Å². The van der Waals surface area contributed by atoms with E-state index >= 15 is 0 Å². The smallest absolute Gasteiger partial charge is 0.278 e. The third-order valence-corrected chi connectivity index (χ3v) is 5.06. The van der Waals surface area contributed by atoms with Crippen LogP contribution in [0.25, 0.3) is 0 Å². The van der Waals surface area contributed by atoms with Crippen molar-refractivity contribution < 1.29 is 24.7 Å². The first kappa shape index (κ1) is 23.6. The lowest BCUT2D eigenvalue weighted by Gasteiger charge is -2.34. The highest BCUT2D eigenvalue weighted by Crippen LogP contribution is 2.18. The summed E-state index contributed by atoms with van der Waals surface area (Å²) in [6.45, 7) is 2.92. The van der Waals surface area contributed by atoms with Crippen molar-refractivity contribution in [1.82, 2.24) is 15.7 Å². The number of nitrogens with one attached hydrogen (secondary N) is 2. The van der Waals surface area contributed by atoms with Crippen LogP contribution >= 0.6 is 0 Å². The molecule has 8 heteroatoms. The molecule has 4 N–H and O–H groups in total. The summed E-state index contributed by atoms with van der Waals surface area (Å²) >= 11 is 0. The Hall–Kier alpha value is -3.67. The van der Waals surface area contributed by atoms with Gasteiger partial charge in [0.1, 0.15) is 0 Å². The molecule has 0 heterocycles. The van der Waals surface area contributed by atoms with E-state index in [-0.39, 0.29) is 5.56 Å². The molecule has 2 aromatic carbocycles. The topological polar surface area (TPSA) is 119 Å². The summed E-state index contributed by atoms with van der Waals surface area (Å²) < 4.78 is 0. The molecule has 2 aromatic rings. The third kappa shape index (κ3) is 5.09. The fraction of sp³-hybridized carbons (Fsp3) is 0.261. The van der Waals surface area contributed by atoms with Gasteiger partial charge < -0.3 is 15.3 Å². The van der Waals surface area contributed by atoms with Crippen molar-refractivity contribution >= 4 is 17.7 Å². The number of hydroxylamine groups is 1. The minimum atomic E-state index is -1.95. The van der Waals surface area contributed by atoms with Crippen LogP contribution < -0.4 is 10.8 Å². The first-order chi connectivity index (χ1) is 14.6. The summed E-state index contributed by atoms with van der Waals surface area (Å²) in [5.41, 5.74) is 1.98. The molecule has 2 atom stereocenters. The number of aliphatic hydroxyl groups is 1. The summed E-state index contributed by atoms with van der Waals surface area (Å²) in [4.78, 5) is 38.1. The number of nitrogens with zero attached hydrogens (tertiary/aromatic N) is 1. The highest BCUT2D eigenvalue weighted by Gasteiger charge is 2.47. The van der Waals surface area contributed by atoms with Gasteiger partial charge in [-0.05, 0) is 55.8 Å². The molecule has 0 spiro atoms. The first-order valence-corrected chi connectivity index (χ1v) is 9.50. The Morgan fingerprint density at radius 1 is 0.968 bits per heavy atom. The van der Waals surface area contributed by atoms with Crippen LogP contribution in [0.1, 0.15) is 47.0 Å². The zero-order valence-electron chi connectivity index (χ0n) is 17.8. The quantitative estimate of drug-likeness (QED) is 0.250. The molecule has 0 aliphatic heterocycles. The van der Waals surface area contributed by atoms with Gasteiger partial charge in [0.25, 0.3) is 17.7 Å². The molecule has 162 valence electrons. The van der Waals surface area contributed by atoms with Crippen molar-refractivity contribution in [3.63, 3.8) is 0 Å². The van der Waals surface area contributed by atoms with Gasteiger partial charge >= 0.3 is 0 Å². The zero-order valence-corrected chi connectivity index (χ0v) is 17.8. The summed E-state index contributed by atoms with van der Waals surface area (Å²) in [6, 6.07) is 13.6. The van der Waals surface area contributed by atoms with E-state index in [0.717, 1.165) is 16.0 Å². The highest BCUT2D eigenvalue weighted by molar-refractivity contribution is 6.12. The molecular formula is C23H25N3O5. The fourth-order valence-electron chi connectivity index (χ4n) is 2.84. The number of carbonyl (C=O) groups is 3. The van der Waals surface area contributed by atoms with E-state index in [9.17, 15) is 19.5 Å². The fourth-order valence-corrected chi connectivity index (χ4v) is 2.84. The lowest BCUT2D eigenvalue weighted by molar-refractivity contribution is -0.148. The molecule has 0 aromatic heterocycles. The molecule has 31 heavy (non-hydrogen) atoms. The number of hydrogen-bond acceptors (Lipinski definition) is 5. The van der Waals surface area contributed by atoms with E-state index in [1.807, 2.05) is 12.1 Å². The largest absolute Gasteiger partial charge is 0.389 e. The Bertz CT molecular complexity index is 1000. The predicted octanol–water partition coefficient (Wildman–Crippen LogP) is 1.22. The molecule has 0 saturated heterocycles. The molecule has 0 fully saturated rings.